The van der Waals surface area contributed by atoms with Crippen molar-refractivity contribution in [2.45, 2.75) is 70.3 Å². The van der Waals surface area contributed by atoms with Gasteiger partial charge in [0.05, 0.1) is 5.54 Å². The molecule has 2 fully saturated rings. The van der Waals surface area contributed by atoms with Crippen molar-refractivity contribution in [2.24, 2.45) is 11.8 Å². The summed E-state index contributed by atoms with van der Waals surface area (Å²) in [6.45, 7) is 2.27. The maximum atomic E-state index is 13.0. The molecule has 0 aromatic rings. The van der Waals surface area contributed by atoms with Crippen molar-refractivity contribution < 1.29 is 4.79 Å². The van der Waals surface area contributed by atoms with Gasteiger partial charge in [-0.15, -0.1) is 0 Å². The summed E-state index contributed by atoms with van der Waals surface area (Å²) >= 11 is 0. The predicted molar refractivity (Wildman–Crippen MR) is 75.6 cm³/mol. The molecule has 0 heterocycles. The smallest absolute Gasteiger partial charge is 0.156 e. The first-order chi connectivity index (χ1) is 8.60. The van der Waals surface area contributed by atoms with Crippen LogP contribution in [0.5, 0.6) is 0 Å². The molecule has 104 valence electrons. The first kappa shape index (κ1) is 14.0. The summed E-state index contributed by atoms with van der Waals surface area (Å²) in [6, 6.07) is 0. The molecule has 0 aromatic heterocycles. The maximum Gasteiger partial charge on any atom is 0.156 e. The number of carbonyl (C=O) groups excluding carboxylic acids is 1. The summed E-state index contributed by atoms with van der Waals surface area (Å²) in [6.07, 6.45) is 10.8. The van der Waals surface area contributed by atoms with Crippen LogP contribution >= 0.6 is 0 Å². The van der Waals surface area contributed by atoms with Crippen molar-refractivity contribution in [3.63, 3.8) is 0 Å². The molecule has 2 saturated carbocycles. The molecule has 2 rings (SSSR count). The SMILES string of the molecule is CCC1CCCC(C(=O)C2(N(C)C)CCCC2)C1. The Morgan fingerprint density at radius 1 is 1.17 bits per heavy atom. The second-order valence-electron chi connectivity index (χ2n) is 6.64. The van der Waals surface area contributed by atoms with Crippen molar-refractivity contribution >= 4 is 5.78 Å². The molecular weight excluding hydrogens is 222 g/mol. The Kier molecular flexibility index (Phi) is 4.47. The molecule has 2 nitrogen and oxygen atoms in total. The van der Waals surface area contributed by atoms with Gasteiger partial charge in [-0.1, -0.05) is 39.0 Å². The molecule has 18 heavy (non-hydrogen) atoms. The Morgan fingerprint density at radius 2 is 1.83 bits per heavy atom. The number of carbonyl (C=O) groups is 1. The molecule has 2 aliphatic carbocycles. The van der Waals surface area contributed by atoms with E-state index in [2.05, 4.69) is 25.9 Å². The Hall–Kier alpha value is -0.370. The molecule has 0 N–H and O–H groups in total. The van der Waals surface area contributed by atoms with Crippen molar-refractivity contribution in [3.8, 4) is 0 Å². The molecule has 2 atom stereocenters. The van der Waals surface area contributed by atoms with Crippen LogP contribution in [0.4, 0.5) is 0 Å². The average molecular weight is 251 g/mol. The number of nitrogens with zero attached hydrogens (tertiary/aromatic N) is 1. The van der Waals surface area contributed by atoms with Crippen molar-refractivity contribution in [1.82, 2.24) is 4.90 Å². The highest BCUT2D eigenvalue weighted by molar-refractivity contribution is 5.90. The van der Waals surface area contributed by atoms with Gasteiger partial charge in [0.1, 0.15) is 0 Å². The van der Waals surface area contributed by atoms with Crippen LogP contribution in [0.2, 0.25) is 0 Å². The first-order valence-corrected chi connectivity index (χ1v) is 7.82. The lowest BCUT2D eigenvalue weighted by molar-refractivity contribution is -0.135. The summed E-state index contributed by atoms with van der Waals surface area (Å²) in [7, 11) is 4.20. The molecule has 0 aliphatic heterocycles. The molecule has 0 bridgehead atoms. The molecule has 0 aromatic carbocycles. The summed E-state index contributed by atoms with van der Waals surface area (Å²) in [5.41, 5.74) is -0.111. The monoisotopic (exact) mass is 251 g/mol. The lowest BCUT2D eigenvalue weighted by atomic mass is 9.72. The first-order valence-electron chi connectivity index (χ1n) is 7.82. The van der Waals surface area contributed by atoms with Crippen LogP contribution in [0, 0.1) is 11.8 Å². The lowest BCUT2D eigenvalue weighted by Crippen LogP contribution is -2.52. The van der Waals surface area contributed by atoms with E-state index in [0.717, 1.165) is 31.6 Å². The van der Waals surface area contributed by atoms with Gasteiger partial charge in [0.2, 0.25) is 0 Å². The minimum absolute atomic E-state index is 0.111. The van der Waals surface area contributed by atoms with Crippen LogP contribution < -0.4 is 0 Å². The highest BCUT2D eigenvalue weighted by Gasteiger charge is 2.46. The van der Waals surface area contributed by atoms with Gasteiger partial charge in [-0.3, -0.25) is 9.69 Å². The van der Waals surface area contributed by atoms with E-state index in [4.69, 9.17) is 0 Å². The van der Waals surface area contributed by atoms with E-state index < -0.39 is 0 Å². The molecular formula is C16H29NO. The molecule has 0 radical (unpaired) electrons. The quantitative estimate of drug-likeness (QED) is 0.760. The van der Waals surface area contributed by atoms with Crippen LogP contribution in [0.15, 0.2) is 0 Å². The molecule has 0 spiro atoms. The lowest BCUT2D eigenvalue weighted by Gasteiger charge is -2.39. The number of hydrogen-bond acceptors (Lipinski definition) is 2. The third-order valence-electron chi connectivity index (χ3n) is 5.48. The van der Waals surface area contributed by atoms with Crippen LogP contribution in [0.25, 0.3) is 0 Å². The van der Waals surface area contributed by atoms with Crippen LogP contribution in [0.1, 0.15) is 64.7 Å². The second-order valence-corrected chi connectivity index (χ2v) is 6.64. The fraction of sp³-hybridized carbons (Fsp3) is 0.938. The standard InChI is InChI=1S/C16H29NO/c1-4-13-8-7-9-14(12-13)15(18)16(17(2)3)10-5-6-11-16/h13-14H,4-12H2,1-3H3. The Labute approximate surface area is 112 Å². The van der Waals surface area contributed by atoms with Crippen molar-refractivity contribution in [1.29, 1.82) is 0 Å². The summed E-state index contributed by atoms with van der Waals surface area (Å²) in [5.74, 6) is 1.72. The minimum atomic E-state index is -0.111. The highest BCUT2D eigenvalue weighted by Crippen LogP contribution is 2.41. The zero-order valence-corrected chi connectivity index (χ0v) is 12.4. The van der Waals surface area contributed by atoms with E-state index in [1.54, 1.807) is 0 Å². The largest absolute Gasteiger partial charge is 0.297 e. The fourth-order valence-corrected chi connectivity index (χ4v) is 4.15. The van der Waals surface area contributed by atoms with Gasteiger partial charge in [-0.05, 0) is 45.7 Å². The molecule has 0 saturated heterocycles. The average Bonchev–Trinajstić information content (AvgIpc) is 2.88. The van der Waals surface area contributed by atoms with E-state index in [9.17, 15) is 4.79 Å². The molecule has 2 unspecified atom stereocenters. The van der Waals surface area contributed by atoms with Gasteiger partial charge >= 0.3 is 0 Å². The van der Waals surface area contributed by atoms with E-state index >= 15 is 0 Å². The van der Waals surface area contributed by atoms with Gasteiger partial charge in [0, 0.05) is 5.92 Å². The maximum absolute atomic E-state index is 13.0. The predicted octanol–water partition coefficient (Wildman–Crippen LogP) is 3.65. The number of Topliss-reactive ketones (excluding diaryl/α,β-unsaturated/α-hetero) is 1. The van der Waals surface area contributed by atoms with Gasteiger partial charge in [-0.25, -0.2) is 0 Å². The highest BCUT2D eigenvalue weighted by atomic mass is 16.1. The van der Waals surface area contributed by atoms with E-state index in [1.165, 1.54) is 32.1 Å². The van der Waals surface area contributed by atoms with E-state index in [1.807, 2.05) is 0 Å². The Bertz CT molecular complexity index is 291. The van der Waals surface area contributed by atoms with Crippen LogP contribution in [-0.2, 0) is 4.79 Å². The fourth-order valence-electron chi connectivity index (χ4n) is 4.15. The topological polar surface area (TPSA) is 20.3 Å². The normalized spacial score (nSPS) is 31.8. The summed E-state index contributed by atoms with van der Waals surface area (Å²) in [5, 5.41) is 0. The zero-order valence-electron chi connectivity index (χ0n) is 12.4. The second kappa shape index (κ2) is 5.73. The Morgan fingerprint density at radius 3 is 2.39 bits per heavy atom. The Balaban J connectivity index is 2.09. The van der Waals surface area contributed by atoms with Gasteiger partial charge in [0.15, 0.2) is 5.78 Å². The molecule has 0 amide bonds. The molecule has 2 heteroatoms. The van der Waals surface area contributed by atoms with Gasteiger partial charge < -0.3 is 0 Å². The zero-order chi connectivity index (χ0) is 13.2. The number of likely N-dealkylation sites (N-methyl/N-ethyl adjacent to an activating group) is 1. The van der Waals surface area contributed by atoms with Crippen molar-refractivity contribution in [2.75, 3.05) is 14.1 Å². The molecule has 2 aliphatic rings. The number of rotatable bonds is 4. The minimum Gasteiger partial charge on any atom is -0.297 e. The van der Waals surface area contributed by atoms with Gasteiger partial charge in [-0.2, -0.15) is 0 Å². The van der Waals surface area contributed by atoms with Gasteiger partial charge in [0.25, 0.3) is 0 Å². The summed E-state index contributed by atoms with van der Waals surface area (Å²) in [4.78, 5) is 15.2. The van der Waals surface area contributed by atoms with Crippen LogP contribution in [-0.4, -0.2) is 30.3 Å². The van der Waals surface area contributed by atoms with E-state index in [-0.39, 0.29) is 5.54 Å². The van der Waals surface area contributed by atoms with Crippen molar-refractivity contribution in [3.05, 3.63) is 0 Å². The van der Waals surface area contributed by atoms with Crippen LogP contribution in [0.3, 0.4) is 0 Å². The number of ketones is 1. The van der Waals surface area contributed by atoms with E-state index in [0.29, 0.717) is 11.7 Å². The third kappa shape index (κ3) is 2.49. The summed E-state index contributed by atoms with van der Waals surface area (Å²) < 4.78 is 0. The number of hydrogen-bond donors (Lipinski definition) is 0. The third-order valence-corrected chi connectivity index (χ3v) is 5.48.